The number of rotatable bonds is 12. The van der Waals surface area contributed by atoms with E-state index < -0.39 is 0 Å². The molecule has 0 aliphatic rings. The van der Waals surface area contributed by atoms with Crippen LogP contribution >= 0.6 is 0 Å². The standard InChI is InChI=1S/C19H34N2/c1-4-7-8-9-10-11-12-17-20-18-13-15-19(16-14-18)21(5-2)6-3/h13-16,20H,4-12,17H2,1-3H3. The van der Waals surface area contributed by atoms with E-state index in [0.717, 1.165) is 19.6 Å². The molecule has 0 saturated carbocycles. The van der Waals surface area contributed by atoms with Crippen molar-refractivity contribution in [2.45, 2.75) is 65.7 Å². The van der Waals surface area contributed by atoms with Crippen molar-refractivity contribution in [2.24, 2.45) is 0 Å². The maximum absolute atomic E-state index is 3.53. The molecular formula is C19H34N2. The fourth-order valence-corrected chi connectivity index (χ4v) is 2.69. The zero-order chi connectivity index (χ0) is 15.3. The summed E-state index contributed by atoms with van der Waals surface area (Å²) >= 11 is 0. The largest absolute Gasteiger partial charge is 0.385 e. The van der Waals surface area contributed by atoms with Gasteiger partial charge in [-0.2, -0.15) is 0 Å². The second-order valence-electron chi connectivity index (χ2n) is 5.77. The summed E-state index contributed by atoms with van der Waals surface area (Å²) in [7, 11) is 0. The summed E-state index contributed by atoms with van der Waals surface area (Å²) in [5.41, 5.74) is 2.57. The van der Waals surface area contributed by atoms with Crippen LogP contribution in [0.2, 0.25) is 0 Å². The number of nitrogens with one attached hydrogen (secondary N) is 1. The smallest absolute Gasteiger partial charge is 0.0367 e. The van der Waals surface area contributed by atoms with Crippen LogP contribution in [0.25, 0.3) is 0 Å². The summed E-state index contributed by atoms with van der Waals surface area (Å²) in [5.74, 6) is 0. The molecule has 0 fully saturated rings. The maximum Gasteiger partial charge on any atom is 0.0367 e. The minimum Gasteiger partial charge on any atom is -0.385 e. The molecule has 2 heteroatoms. The van der Waals surface area contributed by atoms with Crippen LogP contribution in [0.1, 0.15) is 65.7 Å². The van der Waals surface area contributed by atoms with Crippen molar-refractivity contribution in [3.05, 3.63) is 24.3 Å². The van der Waals surface area contributed by atoms with Crippen LogP contribution < -0.4 is 10.2 Å². The first kappa shape index (κ1) is 17.9. The van der Waals surface area contributed by atoms with Crippen LogP contribution in [0.15, 0.2) is 24.3 Å². The molecule has 0 spiro atoms. The van der Waals surface area contributed by atoms with Gasteiger partial charge in [0.1, 0.15) is 0 Å². The summed E-state index contributed by atoms with van der Waals surface area (Å²) in [6.45, 7) is 9.92. The summed E-state index contributed by atoms with van der Waals surface area (Å²) in [6.07, 6.45) is 9.59. The topological polar surface area (TPSA) is 15.3 Å². The summed E-state index contributed by atoms with van der Waals surface area (Å²) in [4.78, 5) is 2.38. The summed E-state index contributed by atoms with van der Waals surface area (Å²) in [6, 6.07) is 8.85. The number of anilines is 2. The molecule has 0 saturated heterocycles. The highest BCUT2D eigenvalue weighted by Crippen LogP contribution is 2.17. The van der Waals surface area contributed by atoms with E-state index in [1.54, 1.807) is 0 Å². The minimum atomic E-state index is 1.07. The van der Waals surface area contributed by atoms with Crippen molar-refractivity contribution >= 4 is 11.4 Å². The highest BCUT2D eigenvalue weighted by atomic mass is 15.1. The normalized spacial score (nSPS) is 10.6. The average Bonchev–Trinajstić information content (AvgIpc) is 2.52. The minimum absolute atomic E-state index is 1.07. The van der Waals surface area contributed by atoms with E-state index in [-0.39, 0.29) is 0 Å². The Bertz CT molecular complexity index is 341. The molecule has 21 heavy (non-hydrogen) atoms. The quantitative estimate of drug-likeness (QED) is 0.497. The van der Waals surface area contributed by atoms with Gasteiger partial charge >= 0.3 is 0 Å². The zero-order valence-corrected chi connectivity index (χ0v) is 14.3. The number of nitrogens with zero attached hydrogens (tertiary/aromatic N) is 1. The van der Waals surface area contributed by atoms with Gasteiger partial charge in [0.05, 0.1) is 0 Å². The van der Waals surface area contributed by atoms with E-state index in [4.69, 9.17) is 0 Å². The number of hydrogen-bond acceptors (Lipinski definition) is 2. The Hall–Kier alpha value is -1.18. The molecule has 0 heterocycles. The highest BCUT2D eigenvalue weighted by Gasteiger charge is 2.00. The SMILES string of the molecule is CCCCCCCCCNc1ccc(N(CC)CC)cc1. The molecule has 1 aromatic carbocycles. The van der Waals surface area contributed by atoms with Crippen LogP contribution in [0, 0.1) is 0 Å². The highest BCUT2D eigenvalue weighted by molar-refractivity contribution is 5.54. The van der Waals surface area contributed by atoms with Crippen LogP contribution in [-0.2, 0) is 0 Å². The molecule has 0 unspecified atom stereocenters. The van der Waals surface area contributed by atoms with Crippen LogP contribution in [0.5, 0.6) is 0 Å². The van der Waals surface area contributed by atoms with Crippen molar-refractivity contribution in [3.8, 4) is 0 Å². The molecule has 0 aromatic heterocycles. The Balaban J connectivity index is 2.15. The van der Waals surface area contributed by atoms with E-state index in [1.165, 1.54) is 56.3 Å². The molecular weight excluding hydrogens is 256 g/mol. The van der Waals surface area contributed by atoms with Gasteiger partial charge in [0.2, 0.25) is 0 Å². The van der Waals surface area contributed by atoms with E-state index in [9.17, 15) is 0 Å². The number of unbranched alkanes of at least 4 members (excludes halogenated alkanes) is 6. The number of hydrogen-bond donors (Lipinski definition) is 1. The molecule has 1 N–H and O–H groups in total. The van der Waals surface area contributed by atoms with Crippen LogP contribution in [0.4, 0.5) is 11.4 Å². The summed E-state index contributed by atoms with van der Waals surface area (Å²) < 4.78 is 0. The zero-order valence-electron chi connectivity index (χ0n) is 14.3. The molecule has 1 rings (SSSR count). The average molecular weight is 290 g/mol. The Morgan fingerprint density at radius 3 is 1.90 bits per heavy atom. The van der Waals surface area contributed by atoms with Gasteiger partial charge in [0, 0.05) is 31.0 Å². The van der Waals surface area contributed by atoms with Gasteiger partial charge in [0.15, 0.2) is 0 Å². The fraction of sp³-hybridized carbons (Fsp3) is 0.684. The molecule has 1 aromatic rings. The molecule has 120 valence electrons. The van der Waals surface area contributed by atoms with E-state index in [1.807, 2.05) is 0 Å². The first-order chi connectivity index (χ1) is 10.3. The third kappa shape index (κ3) is 7.40. The molecule has 0 amide bonds. The van der Waals surface area contributed by atoms with Crippen LogP contribution in [0.3, 0.4) is 0 Å². The molecule has 0 atom stereocenters. The van der Waals surface area contributed by atoms with Crippen LogP contribution in [-0.4, -0.2) is 19.6 Å². The Morgan fingerprint density at radius 2 is 1.33 bits per heavy atom. The molecule has 0 bridgehead atoms. The first-order valence-electron chi connectivity index (χ1n) is 8.90. The molecule has 0 radical (unpaired) electrons. The van der Waals surface area contributed by atoms with Crippen molar-refractivity contribution in [3.63, 3.8) is 0 Å². The van der Waals surface area contributed by atoms with Gasteiger partial charge in [-0.3, -0.25) is 0 Å². The van der Waals surface area contributed by atoms with Gasteiger partial charge in [-0.15, -0.1) is 0 Å². The van der Waals surface area contributed by atoms with Gasteiger partial charge in [-0.25, -0.2) is 0 Å². The van der Waals surface area contributed by atoms with Crippen molar-refractivity contribution < 1.29 is 0 Å². The van der Waals surface area contributed by atoms with E-state index >= 15 is 0 Å². The van der Waals surface area contributed by atoms with Gasteiger partial charge in [-0.1, -0.05) is 45.4 Å². The Kier molecular flexibility index (Phi) is 9.77. The van der Waals surface area contributed by atoms with Gasteiger partial charge in [0.25, 0.3) is 0 Å². The van der Waals surface area contributed by atoms with E-state index in [0.29, 0.717) is 0 Å². The van der Waals surface area contributed by atoms with Gasteiger partial charge in [-0.05, 0) is 44.5 Å². The third-order valence-corrected chi connectivity index (χ3v) is 4.11. The lowest BCUT2D eigenvalue weighted by molar-refractivity contribution is 0.596. The second-order valence-corrected chi connectivity index (χ2v) is 5.77. The molecule has 2 nitrogen and oxygen atoms in total. The van der Waals surface area contributed by atoms with Crippen molar-refractivity contribution in [1.82, 2.24) is 0 Å². The lowest BCUT2D eigenvalue weighted by Gasteiger charge is -2.21. The van der Waals surface area contributed by atoms with E-state index in [2.05, 4.69) is 55.3 Å². The Labute approximate surface area is 131 Å². The summed E-state index contributed by atoms with van der Waals surface area (Å²) in [5, 5.41) is 3.53. The molecule has 0 aliphatic carbocycles. The lowest BCUT2D eigenvalue weighted by atomic mass is 10.1. The lowest BCUT2D eigenvalue weighted by Crippen LogP contribution is -2.21. The third-order valence-electron chi connectivity index (χ3n) is 4.11. The fourth-order valence-electron chi connectivity index (χ4n) is 2.69. The predicted molar refractivity (Wildman–Crippen MR) is 96.5 cm³/mol. The predicted octanol–water partition coefficient (Wildman–Crippen LogP) is 5.70. The van der Waals surface area contributed by atoms with Crippen molar-refractivity contribution in [2.75, 3.05) is 29.9 Å². The van der Waals surface area contributed by atoms with Crippen molar-refractivity contribution in [1.29, 1.82) is 0 Å². The second kappa shape index (κ2) is 11.5. The monoisotopic (exact) mass is 290 g/mol. The Morgan fingerprint density at radius 1 is 0.762 bits per heavy atom. The van der Waals surface area contributed by atoms with Gasteiger partial charge < -0.3 is 10.2 Å². The maximum atomic E-state index is 3.53. The first-order valence-corrected chi connectivity index (χ1v) is 8.90. The number of benzene rings is 1. The molecule has 0 aliphatic heterocycles.